The van der Waals surface area contributed by atoms with Crippen LogP contribution >= 0.6 is 0 Å². The van der Waals surface area contributed by atoms with Gasteiger partial charge in [0.15, 0.2) is 5.82 Å². The van der Waals surface area contributed by atoms with Crippen molar-refractivity contribution in [1.29, 1.82) is 0 Å². The van der Waals surface area contributed by atoms with Crippen molar-refractivity contribution in [3.8, 4) is 11.4 Å². The summed E-state index contributed by atoms with van der Waals surface area (Å²) in [6.45, 7) is 8.36. The molecule has 2 aromatic rings. The van der Waals surface area contributed by atoms with Gasteiger partial charge in [0, 0.05) is 42.8 Å². The summed E-state index contributed by atoms with van der Waals surface area (Å²) in [5.74, 6) is 1.35. The molecule has 0 saturated heterocycles. The molecule has 0 bridgehead atoms. The lowest BCUT2D eigenvalue weighted by atomic mass is 10.2. The van der Waals surface area contributed by atoms with Crippen LogP contribution in [0, 0.1) is 6.92 Å². The van der Waals surface area contributed by atoms with E-state index >= 15 is 0 Å². The van der Waals surface area contributed by atoms with Crippen LogP contribution in [0.15, 0.2) is 30.6 Å². The van der Waals surface area contributed by atoms with Crippen molar-refractivity contribution in [2.24, 2.45) is 0 Å². The third-order valence-corrected chi connectivity index (χ3v) is 2.89. The van der Waals surface area contributed by atoms with Crippen molar-refractivity contribution in [3.05, 3.63) is 36.3 Å². The molecule has 2 heterocycles. The molecular formula is C17H23N5O2. The normalized spacial score (nSPS) is 11.0. The van der Waals surface area contributed by atoms with Crippen LogP contribution in [-0.4, -0.2) is 39.7 Å². The van der Waals surface area contributed by atoms with Crippen LogP contribution < -0.4 is 10.6 Å². The summed E-state index contributed by atoms with van der Waals surface area (Å²) in [6, 6.07) is 5.59. The Labute approximate surface area is 141 Å². The highest BCUT2D eigenvalue weighted by atomic mass is 16.6. The number of carbonyl (C=O) groups excluding carboxylic acids is 1. The first-order chi connectivity index (χ1) is 11.3. The highest BCUT2D eigenvalue weighted by molar-refractivity contribution is 5.67. The summed E-state index contributed by atoms with van der Waals surface area (Å²) in [7, 11) is 0. The number of amides is 1. The van der Waals surface area contributed by atoms with E-state index in [0.717, 1.165) is 11.3 Å². The Morgan fingerprint density at radius 3 is 2.54 bits per heavy atom. The van der Waals surface area contributed by atoms with Crippen molar-refractivity contribution < 1.29 is 9.53 Å². The van der Waals surface area contributed by atoms with E-state index in [4.69, 9.17) is 4.74 Å². The number of carbonyl (C=O) groups is 1. The molecule has 0 radical (unpaired) electrons. The predicted octanol–water partition coefficient (Wildman–Crippen LogP) is 2.78. The lowest BCUT2D eigenvalue weighted by molar-refractivity contribution is 0.0530. The second-order valence-corrected chi connectivity index (χ2v) is 6.31. The number of alkyl carbamates (subject to hydrolysis) is 1. The molecule has 0 aliphatic carbocycles. The van der Waals surface area contributed by atoms with Gasteiger partial charge in [0.05, 0.1) is 0 Å². The van der Waals surface area contributed by atoms with E-state index in [0.29, 0.717) is 24.7 Å². The van der Waals surface area contributed by atoms with Crippen molar-refractivity contribution in [3.63, 3.8) is 0 Å². The first-order valence-corrected chi connectivity index (χ1v) is 7.80. The minimum Gasteiger partial charge on any atom is -0.444 e. The van der Waals surface area contributed by atoms with E-state index in [1.807, 2.05) is 45.9 Å². The number of pyridine rings is 1. The number of aryl methyl sites for hydroxylation is 1. The van der Waals surface area contributed by atoms with Crippen LogP contribution in [0.2, 0.25) is 0 Å². The Hall–Kier alpha value is -2.70. The topological polar surface area (TPSA) is 89.0 Å². The second kappa shape index (κ2) is 7.72. The zero-order valence-corrected chi connectivity index (χ0v) is 14.5. The van der Waals surface area contributed by atoms with E-state index in [1.165, 1.54) is 0 Å². The Morgan fingerprint density at radius 2 is 1.88 bits per heavy atom. The molecule has 0 aliphatic rings. The third kappa shape index (κ3) is 5.83. The van der Waals surface area contributed by atoms with E-state index in [1.54, 1.807) is 12.4 Å². The van der Waals surface area contributed by atoms with Gasteiger partial charge in [-0.3, -0.25) is 4.98 Å². The maximum Gasteiger partial charge on any atom is 0.407 e. The molecule has 0 fully saturated rings. The molecule has 0 aromatic carbocycles. The molecule has 2 aromatic heterocycles. The molecule has 0 spiro atoms. The van der Waals surface area contributed by atoms with Crippen LogP contribution in [0.5, 0.6) is 0 Å². The molecule has 2 N–H and O–H groups in total. The minimum absolute atomic E-state index is 0.430. The second-order valence-electron chi connectivity index (χ2n) is 6.31. The maximum absolute atomic E-state index is 11.6. The van der Waals surface area contributed by atoms with Gasteiger partial charge in [-0.15, -0.1) is 0 Å². The van der Waals surface area contributed by atoms with Gasteiger partial charge < -0.3 is 15.4 Å². The smallest absolute Gasteiger partial charge is 0.407 e. The Balaban J connectivity index is 1.89. The highest BCUT2D eigenvalue weighted by Gasteiger charge is 2.15. The average Bonchev–Trinajstić information content (AvgIpc) is 2.50. The number of rotatable bonds is 5. The van der Waals surface area contributed by atoms with Crippen molar-refractivity contribution in [2.45, 2.75) is 33.3 Å². The first kappa shape index (κ1) is 17.7. The van der Waals surface area contributed by atoms with Crippen LogP contribution in [-0.2, 0) is 4.74 Å². The van der Waals surface area contributed by atoms with Crippen LogP contribution in [0.25, 0.3) is 11.4 Å². The quantitative estimate of drug-likeness (QED) is 0.820. The van der Waals surface area contributed by atoms with Gasteiger partial charge in [-0.1, -0.05) is 0 Å². The van der Waals surface area contributed by atoms with Crippen molar-refractivity contribution in [1.82, 2.24) is 20.3 Å². The van der Waals surface area contributed by atoms with E-state index in [9.17, 15) is 4.79 Å². The summed E-state index contributed by atoms with van der Waals surface area (Å²) < 4.78 is 5.18. The number of ether oxygens (including phenoxy) is 1. The Bertz CT molecular complexity index is 683. The van der Waals surface area contributed by atoms with Gasteiger partial charge >= 0.3 is 6.09 Å². The average molecular weight is 329 g/mol. The van der Waals surface area contributed by atoms with Gasteiger partial charge in [-0.25, -0.2) is 14.8 Å². The third-order valence-electron chi connectivity index (χ3n) is 2.89. The Morgan fingerprint density at radius 1 is 1.17 bits per heavy atom. The van der Waals surface area contributed by atoms with Gasteiger partial charge in [-0.05, 0) is 39.8 Å². The number of aromatic nitrogens is 3. The standard InChI is InChI=1S/C17H23N5O2/c1-12-11-14(19-9-10-20-16(23)24-17(2,3)4)22-15(21-12)13-5-7-18-8-6-13/h5-8,11H,9-10H2,1-4H3,(H,20,23)(H,19,21,22). The van der Waals surface area contributed by atoms with E-state index in [2.05, 4.69) is 25.6 Å². The summed E-state index contributed by atoms with van der Waals surface area (Å²) in [5.41, 5.74) is 1.27. The number of anilines is 1. The van der Waals surface area contributed by atoms with Crippen molar-refractivity contribution >= 4 is 11.9 Å². The van der Waals surface area contributed by atoms with Gasteiger partial charge in [-0.2, -0.15) is 0 Å². The molecule has 24 heavy (non-hydrogen) atoms. The zero-order chi connectivity index (χ0) is 17.6. The van der Waals surface area contributed by atoms with Crippen LogP contribution in [0.1, 0.15) is 26.5 Å². The molecule has 7 nitrogen and oxygen atoms in total. The number of nitrogens with zero attached hydrogens (tertiary/aromatic N) is 3. The molecule has 0 saturated carbocycles. The number of hydrogen-bond acceptors (Lipinski definition) is 6. The summed E-state index contributed by atoms with van der Waals surface area (Å²) >= 11 is 0. The largest absolute Gasteiger partial charge is 0.444 e. The van der Waals surface area contributed by atoms with Gasteiger partial charge in [0.1, 0.15) is 11.4 Å². The molecule has 128 valence electrons. The van der Waals surface area contributed by atoms with E-state index < -0.39 is 11.7 Å². The van der Waals surface area contributed by atoms with Crippen LogP contribution in [0.3, 0.4) is 0 Å². The fraction of sp³-hybridized carbons (Fsp3) is 0.412. The van der Waals surface area contributed by atoms with E-state index in [-0.39, 0.29) is 0 Å². The summed E-state index contributed by atoms with van der Waals surface area (Å²) in [5, 5.41) is 5.87. The highest BCUT2D eigenvalue weighted by Crippen LogP contribution is 2.16. The maximum atomic E-state index is 11.6. The SMILES string of the molecule is Cc1cc(NCCNC(=O)OC(C)(C)C)nc(-c2ccncc2)n1. The molecule has 1 amide bonds. The lowest BCUT2D eigenvalue weighted by Crippen LogP contribution is -2.35. The van der Waals surface area contributed by atoms with Gasteiger partial charge in [0.25, 0.3) is 0 Å². The number of hydrogen-bond donors (Lipinski definition) is 2. The molecule has 0 unspecified atom stereocenters. The lowest BCUT2D eigenvalue weighted by Gasteiger charge is -2.19. The molecule has 2 rings (SSSR count). The minimum atomic E-state index is -0.499. The zero-order valence-electron chi connectivity index (χ0n) is 14.5. The summed E-state index contributed by atoms with van der Waals surface area (Å²) in [4.78, 5) is 24.5. The Kier molecular flexibility index (Phi) is 5.68. The number of nitrogens with one attached hydrogen (secondary N) is 2. The van der Waals surface area contributed by atoms with Crippen molar-refractivity contribution in [2.75, 3.05) is 18.4 Å². The molecule has 7 heteroatoms. The molecule has 0 atom stereocenters. The fourth-order valence-corrected chi connectivity index (χ4v) is 1.96. The summed E-state index contributed by atoms with van der Waals surface area (Å²) in [6.07, 6.45) is 2.98. The first-order valence-electron chi connectivity index (χ1n) is 7.80. The molecule has 0 aliphatic heterocycles. The molecular weight excluding hydrogens is 306 g/mol. The monoisotopic (exact) mass is 329 g/mol. The van der Waals surface area contributed by atoms with Gasteiger partial charge in [0.2, 0.25) is 0 Å². The fourth-order valence-electron chi connectivity index (χ4n) is 1.96. The predicted molar refractivity (Wildman–Crippen MR) is 92.7 cm³/mol. The van der Waals surface area contributed by atoms with Crippen LogP contribution in [0.4, 0.5) is 10.6 Å².